The molecule has 0 bridgehead atoms. The van der Waals surface area contributed by atoms with Gasteiger partial charge in [0.25, 0.3) is 0 Å². The minimum absolute atomic E-state index is 0.139. The van der Waals surface area contributed by atoms with Gasteiger partial charge in [0.05, 0.1) is 17.6 Å². The Bertz CT molecular complexity index is 780. The summed E-state index contributed by atoms with van der Waals surface area (Å²) in [6.45, 7) is 3.79. The second kappa shape index (κ2) is 6.25. The molecule has 9 heteroatoms. The Labute approximate surface area is 135 Å². The number of aryl methyl sites for hydroxylation is 1. The van der Waals surface area contributed by atoms with Gasteiger partial charge in [-0.25, -0.2) is 18.4 Å². The first-order valence-electron chi connectivity index (χ1n) is 7.54. The lowest BCUT2D eigenvalue weighted by molar-refractivity contribution is 0.383. The lowest BCUT2D eigenvalue weighted by Crippen LogP contribution is -2.49. The van der Waals surface area contributed by atoms with Gasteiger partial charge in [-0.3, -0.25) is 4.68 Å². The molecule has 1 saturated heterocycles. The molecule has 2 aromatic heterocycles. The number of hydrogen-bond acceptors (Lipinski definition) is 6. The number of rotatable bonds is 4. The van der Waals surface area contributed by atoms with Crippen LogP contribution < -0.4 is 4.90 Å². The first-order valence-corrected chi connectivity index (χ1v) is 9.15. The van der Waals surface area contributed by atoms with Crippen molar-refractivity contribution in [2.24, 2.45) is 7.05 Å². The van der Waals surface area contributed by atoms with Crippen LogP contribution in [0.4, 0.5) is 5.95 Å². The van der Waals surface area contributed by atoms with Crippen LogP contribution in [0.15, 0.2) is 24.7 Å². The molecule has 23 heavy (non-hydrogen) atoms. The van der Waals surface area contributed by atoms with Gasteiger partial charge in [0.15, 0.2) is 0 Å². The Kier molecular flexibility index (Phi) is 4.31. The summed E-state index contributed by atoms with van der Waals surface area (Å²) in [5.74, 6) is 0.764. The molecule has 0 amide bonds. The highest BCUT2D eigenvalue weighted by atomic mass is 32.2. The smallest absolute Gasteiger partial charge is 0.225 e. The van der Waals surface area contributed by atoms with Crippen molar-refractivity contribution in [1.82, 2.24) is 24.1 Å². The van der Waals surface area contributed by atoms with Crippen molar-refractivity contribution in [2.75, 3.05) is 36.8 Å². The second-order valence-electron chi connectivity index (χ2n) is 5.43. The number of piperazine rings is 1. The monoisotopic (exact) mass is 336 g/mol. The van der Waals surface area contributed by atoms with Gasteiger partial charge < -0.3 is 4.90 Å². The normalized spacial score (nSPS) is 16.7. The molecule has 0 radical (unpaired) electrons. The Morgan fingerprint density at radius 1 is 1.22 bits per heavy atom. The van der Waals surface area contributed by atoms with Gasteiger partial charge in [0.1, 0.15) is 0 Å². The molecule has 0 N–H and O–H groups in total. The summed E-state index contributed by atoms with van der Waals surface area (Å²) < 4.78 is 27.1. The second-order valence-corrected chi connectivity index (χ2v) is 7.69. The largest absolute Gasteiger partial charge is 0.338 e. The predicted molar refractivity (Wildman–Crippen MR) is 87.5 cm³/mol. The maximum absolute atomic E-state index is 11.9. The van der Waals surface area contributed by atoms with Crippen molar-refractivity contribution in [3.05, 3.63) is 24.7 Å². The van der Waals surface area contributed by atoms with Gasteiger partial charge >= 0.3 is 0 Å². The minimum atomic E-state index is -3.12. The van der Waals surface area contributed by atoms with Crippen molar-refractivity contribution in [1.29, 1.82) is 0 Å². The average molecular weight is 336 g/mol. The van der Waals surface area contributed by atoms with Crippen LogP contribution in [-0.2, 0) is 17.1 Å². The maximum atomic E-state index is 11.9. The van der Waals surface area contributed by atoms with Crippen LogP contribution >= 0.6 is 0 Å². The summed E-state index contributed by atoms with van der Waals surface area (Å²) in [5, 5.41) is 4.15. The fraction of sp³-hybridized carbons (Fsp3) is 0.500. The summed E-state index contributed by atoms with van der Waals surface area (Å²) >= 11 is 0. The van der Waals surface area contributed by atoms with Crippen LogP contribution in [0.5, 0.6) is 0 Å². The van der Waals surface area contributed by atoms with E-state index in [0.29, 0.717) is 32.1 Å². The molecular weight excluding hydrogens is 316 g/mol. The molecule has 0 aromatic carbocycles. The van der Waals surface area contributed by atoms with Crippen LogP contribution in [0.25, 0.3) is 11.3 Å². The third-order valence-electron chi connectivity index (χ3n) is 3.92. The first kappa shape index (κ1) is 15.9. The molecule has 0 atom stereocenters. The zero-order valence-corrected chi connectivity index (χ0v) is 14.1. The van der Waals surface area contributed by atoms with E-state index in [1.54, 1.807) is 24.0 Å². The number of anilines is 1. The Hall–Kier alpha value is -2.00. The molecule has 3 rings (SSSR count). The van der Waals surface area contributed by atoms with Crippen molar-refractivity contribution in [2.45, 2.75) is 6.92 Å². The van der Waals surface area contributed by atoms with E-state index in [4.69, 9.17) is 0 Å². The molecule has 0 spiro atoms. The van der Waals surface area contributed by atoms with Crippen LogP contribution in [0, 0.1) is 0 Å². The van der Waals surface area contributed by atoms with Crippen LogP contribution in [0.3, 0.4) is 0 Å². The standard InChI is InChI=1S/C14H20N6O2S/c1-3-23(21,22)20-8-6-19(7-9-20)14-15-5-4-13(17-14)12-10-16-18(2)11-12/h4-5,10-11H,3,6-9H2,1-2H3. The first-order chi connectivity index (χ1) is 11.0. The highest BCUT2D eigenvalue weighted by molar-refractivity contribution is 7.89. The van der Waals surface area contributed by atoms with Gasteiger partial charge in [0, 0.05) is 51.2 Å². The quantitative estimate of drug-likeness (QED) is 0.801. The number of hydrogen-bond donors (Lipinski definition) is 0. The van der Waals surface area contributed by atoms with Gasteiger partial charge in [-0.2, -0.15) is 9.40 Å². The van der Waals surface area contributed by atoms with E-state index in [9.17, 15) is 8.42 Å². The average Bonchev–Trinajstić information content (AvgIpc) is 3.02. The van der Waals surface area contributed by atoms with E-state index < -0.39 is 10.0 Å². The van der Waals surface area contributed by atoms with Crippen molar-refractivity contribution < 1.29 is 8.42 Å². The molecule has 0 unspecified atom stereocenters. The Balaban J connectivity index is 1.74. The van der Waals surface area contributed by atoms with Crippen molar-refractivity contribution >= 4 is 16.0 Å². The summed E-state index contributed by atoms with van der Waals surface area (Å²) in [6, 6.07) is 1.85. The predicted octanol–water partition coefficient (Wildman–Crippen LogP) is 0.349. The van der Waals surface area contributed by atoms with Crippen molar-refractivity contribution in [3.63, 3.8) is 0 Å². The van der Waals surface area contributed by atoms with E-state index in [2.05, 4.69) is 15.1 Å². The van der Waals surface area contributed by atoms with Crippen LogP contribution in [0.1, 0.15) is 6.92 Å². The fourth-order valence-electron chi connectivity index (χ4n) is 2.56. The molecule has 2 aromatic rings. The van der Waals surface area contributed by atoms with E-state index in [1.807, 2.05) is 24.2 Å². The summed E-state index contributed by atoms with van der Waals surface area (Å²) in [4.78, 5) is 10.9. The third-order valence-corrected chi connectivity index (χ3v) is 5.80. The van der Waals surface area contributed by atoms with Gasteiger partial charge in [-0.05, 0) is 13.0 Å². The minimum Gasteiger partial charge on any atom is -0.338 e. The van der Waals surface area contributed by atoms with Crippen LogP contribution in [0.2, 0.25) is 0 Å². The number of nitrogens with zero attached hydrogens (tertiary/aromatic N) is 6. The van der Waals surface area contributed by atoms with Gasteiger partial charge in [-0.1, -0.05) is 0 Å². The Morgan fingerprint density at radius 3 is 2.57 bits per heavy atom. The van der Waals surface area contributed by atoms with Gasteiger partial charge in [0.2, 0.25) is 16.0 Å². The number of sulfonamides is 1. The fourth-order valence-corrected chi connectivity index (χ4v) is 3.65. The summed E-state index contributed by atoms with van der Waals surface area (Å²) in [6.07, 6.45) is 5.38. The zero-order chi connectivity index (χ0) is 16.4. The van der Waals surface area contributed by atoms with E-state index in [0.717, 1.165) is 11.3 Å². The maximum Gasteiger partial charge on any atom is 0.225 e. The molecule has 124 valence electrons. The topological polar surface area (TPSA) is 84.2 Å². The molecule has 1 fully saturated rings. The molecule has 0 saturated carbocycles. The van der Waals surface area contributed by atoms with E-state index >= 15 is 0 Å². The lowest BCUT2D eigenvalue weighted by atomic mass is 10.2. The molecular formula is C14H20N6O2S. The number of aromatic nitrogens is 4. The van der Waals surface area contributed by atoms with E-state index in [-0.39, 0.29) is 5.75 Å². The molecule has 8 nitrogen and oxygen atoms in total. The van der Waals surface area contributed by atoms with Gasteiger partial charge in [-0.15, -0.1) is 0 Å². The SMILES string of the molecule is CCS(=O)(=O)N1CCN(c2nccc(-c3cnn(C)c3)n2)CC1. The highest BCUT2D eigenvalue weighted by Crippen LogP contribution is 2.19. The molecule has 1 aliphatic rings. The molecule has 3 heterocycles. The Morgan fingerprint density at radius 2 is 1.96 bits per heavy atom. The van der Waals surface area contributed by atoms with E-state index in [1.165, 1.54) is 4.31 Å². The third kappa shape index (κ3) is 3.35. The highest BCUT2D eigenvalue weighted by Gasteiger charge is 2.26. The summed E-state index contributed by atoms with van der Waals surface area (Å²) in [7, 11) is -1.26. The zero-order valence-electron chi connectivity index (χ0n) is 13.3. The van der Waals surface area contributed by atoms with Crippen molar-refractivity contribution in [3.8, 4) is 11.3 Å². The summed E-state index contributed by atoms with van der Waals surface area (Å²) in [5.41, 5.74) is 1.75. The lowest BCUT2D eigenvalue weighted by Gasteiger charge is -2.33. The molecule has 1 aliphatic heterocycles. The van der Waals surface area contributed by atoms with Crippen LogP contribution in [-0.4, -0.2) is 64.4 Å². The molecule has 0 aliphatic carbocycles.